The second-order valence-electron chi connectivity index (χ2n) is 5.49. The van der Waals surface area contributed by atoms with Crippen molar-refractivity contribution in [1.29, 1.82) is 0 Å². The Labute approximate surface area is 160 Å². The summed E-state index contributed by atoms with van der Waals surface area (Å²) in [4.78, 5) is 35.3. The van der Waals surface area contributed by atoms with Crippen LogP contribution in [0.5, 0.6) is 0 Å². The number of pyridine rings is 1. The van der Waals surface area contributed by atoms with Crippen molar-refractivity contribution in [1.82, 2.24) is 15.2 Å². The lowest BCUT2D eigenvalue weighted by molar-refractivity contribution is -0.137. The Morgan fingerprint density at radius 1 is 1.00 bits per heavy atom. The minimum absolute atomic E-state index is 0.0787. The van der Waals surface area contributed by atoms with Crippen molar-refractivity contribution in [2.24, 2.45) is 0 Å². The molecule has 0 saturated carbocycles. The first-order valence-corrected chi connectivity index (χ1v) is 8.54. The van der Waals surface area contributed by atoms with Crippen LogP contribution in [0, 0.1) is 0 Å². The number of carbonyl (C=O) groups excluding carboxylic acids is 2. The molecule has 2 aromatic rings. The molecule has 0 unspecified atom stereocenters. The second kappa shape index (κ2) is 8.85. The lowest BCUT2D eigenvalue weighted by atomic mass is 10.1. The van der Waals surface area contributed by atoms with E-state index in [0.29, 0.717) is 4.47 Å². The molecule has 2 amide bonds. The average molecular weight is 446 g/mol. The van der Waals surface area contributed by atoms with E-state index in [1.165, 1.54) is 16.8 Å². The molecule has 0 atom stereocenters. The van der Waals surface area contributed by atoms with Crippen molar-refractivity contribution >= 4 is 27.7 Å². The summed E-state index contributed by atoms with van der Waals surface area (Å²) < 4.78 is 39.3. The van der Waals surface area contributed by atoms with Gasteiger partial charge in [0.25, 0.3) is 11.5 Å². The number of nitrogens with zero attached hydrogens (tertiary/aromatic N) is 1. The molecule has 1 heterocycles. The van der Waals surface area contributed by atoms with Crippen LogP contribution in [0.25, 0.3) is 0 Å². The van der Waals surface area contributed by atoms with Crippen molar-refractivity contribution in [3.63, 3.8) is 0 Å². The standard InChI is InChI=1S/C17H15BrF3N3O3/c18-13-5-6-15(26)24(9-13)10-14(25)22-7-8-23-16(27)11-1-3-12(4-2-11)17(19,20)21/h1-6,9H,7-8,10H2,(H,22,25)(H,23,27). The van der Waals surface area contributed by atoms with Gasteiger partial charge in [0.05, 0.1) is 5.56 Å². The van der Waals surface area contributed by atoms with E-state index in [-0.39, 0.29) is 30.8 Å². The highest BCUT2D eigenvalue weighted by molar-refractivity contribution is 9.10. The van der Waals surface area contributed by atoms with Crippen LogP contribution in [0.2, 0.25) is 0 Å². The molecule has 1 aromatic carbocycles. The van der Waals surface area contributed by atoms with E-state index in [1.54, 1.807) is 6.07 Å². The third-order valence-electron chi connectivity index (χ3n) is 3.47. The van der Waals surface area contributed by atoms with E-state index in [1.807, 2.05) is 0 Å². The molecular weight excluding hydrogens is 431 g/mol. The van der Waals surface area contributed by atoms with Gasteiger partial charge < -0.3 is 15.2 Å². The van der Waals surface area contributed by atoms with Gasteiger partial charge in [0.1, 0.15) is 6.54 Å². The summed E-state index contributed by atoms with van der Waals surface area (Å²) >= 11 is 3.20. The van der Waals surface area contributed by atoms with E-state index in [2.05, 4.69) is 26.6 Å². The zero-order valence-corrected chi connectivity index (χ0v) is 15.4. The number of amides is 2. The first-order valence-electron chi connectivity index (χ1n) is 7.75. The molecule has 2 rings (SSSR count). The van der Waals surface area contributed by atoms with Gasteiger partial charge in [-0.25, -0.2) is 0 Å². The van der Waals surface area contributed by atoms with Crippen LogP contribution in [-0.2, 0) is 17.5 Å². The summed E-state index contributed by atoms with van der Waals surface area (Å²) in [6.45, 7) is 0.0120. The Morgan fingerprint density at radius 3 is 2.26 bits per heavy atom. The molecule has 10 heteroatoms. The largest absolute Gasteiger partial charge is 0.416 e. The molecule has 0 aliphatic carbocycles. The molecule has 0 spiro atoms. The lowest BCUT2D eigenvalue weighted by Crippen LogP contribution is -2.37. The van der Waals surface area contributed by atoms with Crippen LogP contribution < -0.4 is 16.2 Å². The molecule has 0 fully saturated rings. The number of hydrogen-bond donors (Lipinski definition) is 2. The van der Waals surface area contributed by atoms with E-state index >= 15 is 0 Å². The van der Waals surface area contributed by atoms with E-state index in [9.17, 15) is 27.6 Å². The lowest BCUT2D eigenvalue weighted by Gasteiger charge is -2.10. The Balaban J connectivity index is 1.77. The number of nitrogens with one attached hydrogen (secondary N) is 2. The number of alkyl halides is 3. The van der Waals surface area contributed by atoms with E-state index in [4.69, 9.17) is 0 Å². The minimum Gasteiger partial charge on any atom is -0.353 e. The molecule has 6 nitrogen and oxygen atoms in total. The topological polar surface area (TPSA) is 80.2 Å². The van der Waals surface area contributed by atoms with Crippen LogP contribution in [0.4, 0.5) is 13.2 Å². The van der Waals surface area contributed by atoms with Gasteiger partial charge in [-0.1, -0.05) is 0 Å². The van der Waals surface area contributed by atoms with Crippen LogP contribution in [0.15, 0.2) is 51.9 Å². The fraction of sp³-hybridized carbons (Fsp3) is 0.235. The monoisotopic (exact) mass is 445 g/mol. The predicted octanol–water partition coefficient (Wildman–Crippen LogP) is 2.18. The van der Waals surface area contributed by atoms with Gasteiger partial charge in [0.2, 0.25) is 5.91 Å². The summed E-state index contributed by atoms with van der Waals surface area (Å²) in [6.07, 6.45) is -2.98. The first kappa shape index (κ1) is 20.7. The van der Waals surface area contributed by atoms with Crippen molar-refractivity contribution in [3.8, 4) is 0 Å². The zero-order valence-electron chi connectivity index (χ0n) is 13.8. The second-order valence-corrected chi connectivity index (χ2v) is 6.41. The molecule has 1 aromatic heterocycles. The molecule has 0 aliphatic rings. The van der Waals surface area contributed by atoms with Gasteiger partial charge in [-0.2, -0.15) is 13.2 Å². The molecule has 0 saturated heterocycles. The highest BCUT2D eigenvalue weighted by Gasteiger charge is 2.30. The minimum atomic E-state index is -4.46. The van der Waals surface area contributed by atoms with Gasteiger partial charge in [-0.15, -0.1) is 0 Å². The molecule has 144 valence electrons. The number of aromatic nitrogens is 1. The summed E-state index contributed by atoms with van der Waals surface area (Å²) in [5.41, 5.74) is -1.09. The predicted molar refractivity (Wildman–Crippen MR) is 95.2 cm³/mol. The molecule has 0 radical (unpaired) electrons. The number of rotatable bonds is 6. The highest BCUT2D eigenvalue weighted by atomic mass is 79.9. The summed E-state index contributed by atoms with van der Waals surface area (Å²) in [5, 5.41) is 5.02. The first-order chi connectivity index (χ1) is 12.7. The van der Waals surface area contributed by atoms with E-state index in [0.717, 1.165) is 24.3 Å². The van der Waals surface area contributed by atoms with Gasteiger partial charge in [-0.05, 0) is 46.3 Å². The number of carbonyl (C=O) groups is 2. The van der Waals surface area contributed by atoms with Crippen LogP contribution in [0.3, 0.4) is 0 Å². The molecular formula is C17H15BrF3N3O3. The Hall–Kier alpha value is -2.62. The van der Waals surface area contributed by atoms with Gasteiger partial charge in [0, 0.05) is 35.4 Å². The summed E-state index contributed by atoms with van der Waals surface area (Å²) in [6, 6.07) is 6.70. The summed E-state index contributed by atoms with van der Waals surface area (Å²) in [5.74, 6) is -0.972. The van der Waals surface area contributed by atoms with Gasteiger partial charge in [0.15, 0.2) is 0 Å². The zero-order chi connectivity index (χ0) is 20.0. The van der Waals surface area contributed by atoms with Crippen molar-refractivity contribution in [2.75, 3.05) is 13.1 Å². The Kier molecular flexibility index (Phi) is 6.78. The van der Waals surface area contributed by atoms with E-state index < -0.39 is 23.6 Å². The molecule has 0 aliphatic heterocycles. The van der Waals surface area contributed by atoms with Crippen molar-refractivity contribution < 1.29 is 22.8 Å². The average Bonchev–Trinajstić information content (AvgIpc) is 2.61. The molecule has 0 bridgehead atoms. The van der Waals surface area contributed by atoms with Crippen LogP contribution in [0.1, 0.15) is 15.9 Å². The van der Waals surface area contributed by atoms with Gasteiger partial charge in [-0.3, -0.25) is 14.4 Å². The fourth-order valence-corrected chi connectivity index (χ4v) is 2.51. The maximum absolute atomic E-state index is 12.5. The Morgan fingerprint density at radius 2 is 1.63 bits per heavy atom. The molecule has 2 N–H and O–H groups in total. The quantitative estimate of drug-likeness (QED) is 0.668. The third-order valence-corrected chi connectivity index (χ3v) is 3.94. The fourth-order valence-electron chi connectivity index (χ4n) is 2.13. The van der Waals surface area contributed by atoms with Crippen LogP contribution >= 0.6 is 15.9 Å². The van der Waals surface area contributed by atoms with Crippen molar-refractivity contribution in [3.05, 3.63) is 68.5 Å². The summed E-state index contributed by atoms with van der Waals surface area (Å²) in [7, 11) is 0. The maximum Gasteiger partial charge on any atom is 0.416 e. The SMILES string of the molecule is O=C(Cn1cc(Br)ccc1=O)NCCNC(=O)c1ccc(C(F)(F)F)cc1. The normalized spacial score (nSPS) is 11.1. The smallest absolute Gasteiger partial charge is 0.353 e. The number of benzene rings is 1. The molecule has 27 heavy (non-hydrogen) atoms. The van der Waals surface area contributed by atoms with Crippen LogP contribution in [-0.4, -0.2) is 29.5 Å². The number of halogens is 4. The number of hydrogen-bond acceptors (Lipinski definition) is 3. The van der Waals surface area contributed by atoms with Gasteiger partial charge >= 0.3 is 6.18 Å². The maximum atomic E-state index is 12.5. The van der Waals surface area contributed by atoms with Crippen molar-refractivity contribution in [2.45, 2.75) is 12.7 Å². The Bertz CT molecular complexity index is 879. The third kappa shape index (κ3) is 6.24. The highest BCUT2D eigenvalue weighted by Crippen LogP contribution is 2.29.